The smallest absolute Gasteiger partial charge is 0.0615 e. The van der Waals surface area contributed by atoms with Gasteiger partial charge in [-0.15, -0.1) is 0 Å². The van der Waals surface area contributed by atoms with Crippen LogP contribution >= 0.6 is 0 Å². The number of ether oxygens (including phenoxy) is 1. The molecule has 0 aromatic heterocycles. The van der Waals surface area contributed by atoms with Crippen molar-refractivity contribution in [1.29, 1.82) is 0 Å². The number of likely N-dealkylation sites (N-methyl/N-ethyl adjacent to an activating group) is 1. The third-order valence-corrected chi connectivity index (χ3v) is 3.72. The zero-order valence-corrected chi connectivity index (χ0v) is 11.7. The lowest BCUT2D eigenvalue weighted by Crippen LogP contribution is -2.35. The van der Waals surface area contributed by atoms with E-state index in [9.17, 15) is 0 Å². The lowest BCUT2D eigenvalue weighted by atomic mass is 10.1. The third kappa shape index (κ3) is 3.10. The van der Waals surface area contributed by atoms with Gasteiger partial charge in [-0.1, -0.05) is 25.1 Å². The Morgan fingerprint density at radius 2 is 2.11 bits per heavy atom. The molecule has 3 nitrogen and oxygen atoms in total. The maximum atomic E-state index is 5.25. The van der Waals surface area contributed by atoms with Gasteiger partial charge in [-0.25, -0.2) is 0 Å². The van der Waals surface area contributed by atoms with E-state index in [0.29, 0.717) is 6.04 Å². The number of hydrogen-bond donors (Lipinski definition) is 1. The summed E-state index contributed by atoms with van der Waals surface area (Å²) in [6.45, 7) is 9.33. The van der Waals surface area contributed by atoms with Crippen LogP contribution in [0.25, 0.3) is 0 Å². The van der Waals surface area contributed by atoms with Crippen LogP contribution in [0.1, 0.15) is 30.5 Å². The average Bonchev–Trinajstić information content (AvgIpc) is 2.83. The van der Waals surface area contributed by atoms with Gasteiger partial charge in [-0.2, -0.15) is 0 Å². The molecule has 2 rings (SSSR count). The van der Waals surface area contributed by atoms with Gasteiger partial charge in [-0.3, -0.25) is 4.90 Å². The van der Waals surface area contributed by atoms with Crippen LogP contribution in [0.5, 0.6) is 0 Å². The summed E-state index contributed by atoms with van der Waals surface area (Å²) in [5.41, 5.74) is 4.32. The Bertz CT molecular complexity index is 392. The Labute approximate surface area is 110 Å². The van der Waals surface area contributed by atoms with E-state index in [1.807, 2.05) is 0 Å². The van der Waals surface area contributed by atoms with Crippen LogP contribution in [-0.2, 0) is 24.4 Å². The number of methoxy groups -OCH3 is 1. The fourth-order valence-electron chi connectivity index (χ4n) is 2.61. The standard InChI is InChI=1S/C15H24N2O/c1-4-17(12(2)11-18-3)10-13-5-6-14-8-16-9-15(14)7-13/h5-7,12,16H,4,8-11H2,1-3H3. The molecule has 0 fully saturated rings. The van der Waals surface area contributed by atoms with Crippen molar-refractivity contribution in [2.45, 2.75) is 39.5 Å². The van der Waals surface area contributed by atoms with E-state index in [-0.39, 0.29) is 0 Å². The van der Waals surface area contributed by atoms with Crippen molar-refractivity contribution in [3.63, 3.8) is 0 Å². The number of hydrogen-bond acceptors (Lipinski definition) is 3. The number of fused-ring (bicyclic) bond motifs is 1. The second-order valence-corrected chi connectivity index (χ2v) is 5.07. The Hall–Kier alpha value is -0.900. The van der Waals surface area contributed by atoms with Gasteiger partial charge in [0, 0.05) is 32.8 Å². The summed E-state index contributed by atoms with van der Waals surface area (Å²) in [6, 6.07) is 7.33. The molecule has 3 heteroatoms. The SMILES string of the molecule is CCN(Cc1ccc2c(c1)CNC2)C(C)COC. The van der Waals surface area contributed by atoms with Crippen LogP contribution in [-0.4, -0.2) is 31.2 Å². The van der Waals surface area contributed by atoms with Crippen molar-refractivity contribution in [3.8, 4) is 0 Å². The third-order valence-electron chi connectivity index (χ3n) is 3.72. The predicted molar refractivity (Wildman–Crippen MR) is 74.4 cm³/mol. The summed E-state index contributed by atoms with van der Waals surface area (Å²) < 4.78 is 5.25. The normalized spacial score (nSPS) is 16.0. The van der Waals surface area contributed by atoms with Crippen LogP contribution in [0.2, 0.25) is 0 Å². The van der Waals surface area contributed by atoms with Gasteiger partial charge in [0.15, 0.2) is 0 Å². The van der Waals surface area contributed by atoms with Gasteiger partial charge in [-0.05, 0) is 30.2 Å². The number of benzene rings is 1. The van der Waals surface area contributed by atoms with E-state index in [2.05, 4.69) is 42.3 Å². The minimum atomic E-state index is 0.464. The number of nitrogens with zero attached hydrogens (tertiary/aromatic N) is 1. The fourth-order valence-corrected chi connectivity index (χ4v) is 2.61. The maximum absolute atomic E-state index is 5.25. The molecule has 1 atom stereocenters. The van der Waals surface area contributed by atoms with Crippen LogP contribution in [0, 0.1) is 0 Å². The lowest BCUT2D eigenvalue weighted by Gasteiger charge is -2.27. The van der Waals surface area contributed by atoms with E-state index >= 15 is 0 Å². The summed E-state index contributed by atoms with van der Waals surface area (Å²) in [5.74, 6) is 0. The Balaban J connectivity index is 2.03. The van der Waals surface area contributed by atoms with Gasteiger partial charge >= 0.3 is 0 Å². The first kappa shape index (κ1) is 13.5. The molecule has 0 saturated carbocycles. The molecule has 0 radical (unpaired) electrons. The van der Waals surface area contributed by atoms with Gasteiger partial charge in [0.25, 0.3) is 0 Å². The van der Waals surface area contributed by atoms with Crippen molar-refractivity contribution in [2.75, 3.05) is 20.3 Å². The van der Waals surface area contributed by atoms with E-state index in [4.69, 9.17) is 4.74 Å². The predicted octanol–water partition coefficient (Wildman–Crippen LogP) is 2.15. The molecule has 1 aliphatic rings. The molecule has 1 N–H and O–H groups in total. The molecule has 100 valence electrons. The molecular formula is C15H24N2O. The summed E-state index contributed by atoms with van der Waals surface area (Å²) in [5, 5.41) is 3.39. The first-order chi connectivity index (χ1) is 8.74. The van der Waals surface area contributed by atoms with E-state index in [1.165, 1.54) is 16.7 Å². The van der Waals surface area contributed by atoms with Crippen LogP contribution < -0.4 is 5.32 Å². The quantitative estimate of drug-likeness (QED) is 0.835. The van der Waals surface area contributed by atoms with Crippen LogP contribution in [0.4, 0.5) is 0 Å². The maximum Gasteiger partial charge on any atom is 0.0615 e. The van der Waals surface area contributed by atoms with E-state index in [0.717, 1.165) is 32.8 Å². The molecule has 0 bridgehead atoms. The Kier molecular flexibility index (Phi) is 4.75. The molecule has 1 aromatic rings. The van der Waals surface area contributed by atoms with Crippen LogP contribution in [0.3, 0.4) is 0 Å². The first-order valence-corrected chi connectivity index (χ1v) is 6.79. The summed E-state index contributed by atoms with van der Waals surface area (Å²) in [7, 11) is 1.77. The molecule has 1 aliphatic heterocycles. The number of rotatable bonds is 6. The second-order valence-electron chi connectivity index (χ2n) is 5.07. The van der Waals surface area contributed by atoms with Crippen molar-refractivity contribution in [3.05, 3.63) is 34.9 Å². The molecule has 0 amide bonds. The molecule has 0 aliphatic carbocycles. The zero-order chi connectivity index (χ0) is 13.0. The van der Waals surface area contributed by atoms with Gasteiger partial charge in [0.2, 0.25) is 0 Å². The highest BCUT2D eigenvalue weighted by Crippen LogP contribution is 2.18. The van der Waals surface area contributed by atoms with E-state index < -0.39 is 0 Å². The first-order valence-electron chi connectivity index (χ1n) is 6.79. The number of nitrogens with one attached hydrogen (secondary N) is 1. The Morgan fingerprint density at radius 3 is 2.83 bits per heavy atom. The molecule has 1 aromatic carbocycles. The minimum Gasteiger partial charge on any atom is -0.383 e. The summed E-state index contributed by atoms with van der Waals surface area (Å²) >= 11 is 0. The van der Waals surface area contributed by atoms with Gasteiger partial charge in [0.05, 0.1) is 6.61 Å². The topological polar surface area (TPSA) is 24.5 Å². The van der Waals surface area contributed by atoms with Crippen molar-refractivity contribution in [1.82, 2.24) is 10.2 Å². The summed E-state index contributed by atoms with van der Waals surface area (Å²) in [4.78, 5) is 2.45. The monoisotopic (exact) mass is 248 g/mol. The van der Waals surface area contributed by atoms with Gasteiger partial charge in [0.1, 0.15) is 0 Å². The average molecular weight is 248 g/mol. The molecule has 0 spiro atoms. The lowest BCUT2D eigenvalue weighted by molar-refractivity contribution is 0.0982. The highest BCUT2D eigenvalue weighted by Gasteiger charge is 2.14. The molecule has 18 heavy (non-hydrogen) atoms. The molecule has 1 heterocycles. The zero-order valence-electron chi connectivity index (χ0n) is 11.7. The van der Waals surface area contributed by atoms with Crippen molar-refractivity contribution >= 4 is 0 Å². The largest absolute Gasteiger partial charge is 0.383 e. The molecule has 1 unspecified atom stereocenters. The molecular weight excluding hydrogens is 224 g/mol. The van der Waals surface area contributed by atoms with Crippen molar-refractivity contribution in [2.24, 2.45) is 0 Å². The minimum absolute atomic E-state index is 0.464. The van der Waals surface area contributed by atoms with Crippen LogP contribution in [0.15, 0.2) is 18.2 Å². The second kappa shape index (κ2) is 6.32. The van der Waals surface area contributed by atoms with Crippen molar-refractivity contribution < 1.29 is 4.74 Å². The molecule has 0 saturated heterocycles. The highest BCUT2D eigenvalue weighted by atomic mass is 16.5. The summed E-state index contributed by atoms with van der Waals surface area (Å²) in [6.07, 6.45) is 0. The van der Waals surface area contributed by atoms with E-state index in [1.54, 1.807) is 7.11 Å². The fraction of sp³-hybridized carbons (Fsp3) is 0.600. The Morgan fingerprint density at radius 1 is 1.33 bits per heavy atom. The highest BCUT2D eigenvalue weighted by molar-refractivity contribution is 5.34. The van der Waals surface area contributed by atoms with Gasteiger partial charge < -0.3 is 10.1 Å².